The van der Waals surface area contributed by atoms with Gasteiger partial charge in [0.2, 0.25) is 11.8 Å². The molecule has 1 aromatic rings. The summed E-state index contributed by atoms with van der Waals surface area (Å²) in [6.07, 6.45) is 8.28. The fourth-order valence-electron chi connectivity index (χ4n) is 3.41. The molecule has 4 nitrogen and oxygen atoms in total. The van der Waals surface area contributed by atoms with E-state index in [1.54, 1.807) is 23.1 Å². The van der Waals surface area contributed by atoms with Crippen molar-refractivity contribution in [2.75, 3.05) is 11.9 Å². The van der Waals surface area contributed by atoms with Crippen molar-refractivity contribution in [1.82, 2.24) is 4.90 Å². The van der Waals surface area contributed by atoms with Crippen molar-refractivity contribution in [2.24, 2.45) is 5.92 Å². The number of halogens is 2. The molecule has 2 aliphatic rings. The number of carbonyl (C=O) groups excluding carboxylic acids is 2. The quantitative estimate of drug-likeness (QED) is 0.811. The molecule has 1 saturated heterocycles. The van der Waals surface area contributed by atoms with Crippen LogP contribution < -0.4 is 5.32 Å². The molecule has 3 rings (SSSR count). The van der Waals surface area contributed by atoms with Crippen LogP contribution >= 0.6 is 23.2 Å². The van der Waals surface area contributed by atoms with Crippen LogP contribution in [0.3, 0.4) is 0 Å². The monoisotopic (exact) mass is 366 g/mol. The first-order valence-corrected chi connectivity index (χ1v) is 9.02. The number of likely N-dealkylation sites (tertiary alicyclic amines) is 1. The van der Waals surface area contributed by atoms with Crippen LogP contribution in [0.15, 0.2) is 30.4 Å². The van der Waals surface area contributed by atoms with E-state index < -0.39 is 6.04 Å². The van der Waals surface area contributed by atoms with Crippen molar-refractivity contribution >= 4 is 40.7 Å². The zero-order valence-electron chi connectivity index (χ0n) is 13.3. The molecule has 6 heteroatoms. The van der Waals surface area contributed by atoms with Gasteiger partial charge in [0.15, 0.2) is 0 Å². The molecule has 2 atom stereocenters. The highest BCUT2D eigenvalue weighted by Crippen LogP contribution is 2.27. The molecule has 2 amide bonds. The lowest BCUT2D eigenvalue weighted by Crippen LogP contribution is -2.45. The van der Waals surface area contributed by atoms with Crippen molar-refractivity contribution < 1.29 is 9.59 Å². The number of benzene rings is 1. The second-order valence-corrected chi connectivity index (χ2v) is 7.19. The van der Waals surface area contributed by atoms with E-state index in [4.69, 9.17) is 23.2 Å². The maximum absolute atomic E-state index is 12.7. The van der Waals surface area contributed by atoms with Crippen molar-refractivity contribution in [3.8, 4) is 0 Å². The number of rotatable bonds is 3. The van der Waals surface area contributed by atoms with Gasteiger partial charge in [-0.05, 0) is 50.3 Å². The van der Waals surface area contributed by atoms with Crippen LogP contribution in [0.4, 0.5) is 5.69 Å². The number of hydrogen-bond donors (Lipinski definition) is 1. The molecular weight excluding hydrogens is 347 g/mol. The fraction of sp³-hybridized carbons (Fsp3) is 0.444. The van der Waals surface area contributed by atoms with Crippen LogP contribution in [0.2, 0.25) is 10.0 Å². The molecule has 0 radical (unpaired) electrons. The van der Waals surface area contributed by atoms with Crippen LogP contribution in [0, 0.1) is 5.92 Å². The third kappa shape index (κ3) is 3.93. The molecular formula is C18H20Cl2N2O2. The third-order valence-electron chi connectivity index (χ3n) is 4.59. The number of nitrogens with one attached hydrogen (secondary N) is 1. The van der Waals surface area contributed by atoms with Gasteiger partial charge in [-0.15, -0.1) is 0 Å². The summed E-state index contributed by atoms with van der Waals surface area (Å²) in [4.78, 5) is 27.1. The van der Waals surface area contributed by atoms with Crippen LogP contribution in [-0.2, 0) is 9.59 Å². The van der Waals surface area contributed by atoms with E-state index >= 15 is 0 Å². The Labute approximate surface area is 151 Å². The molecule has 24 heavy (non-hydrogen) atoms. The van der Waals surface area contributed by atoms with E-state index in [0.29, 0.717) is 28.7 Å². The van der Waals surface area contributed by atoms with Crippen LogP contribution in [-0.4, -0.2) is 29.3 Å². The average molecular weight is 367 g/mol. The first kappa shape index (κ1) is 17.3. The van der Waals surface area contributed by atoms with Gasteiger partial charge in [-0.2, -0.15) is 0 Å². The summed E-state index contributed by atoms with van der Waals surface area (Å²) in [6, 6.07) is 4.50. The van der Waals surface area contributed by atoms with Gasteiger partial charge < -0.3 is 10.2 Å². The summed E-state index contributed by atoms with van der Waals surface area (Å²) in [6.45, 7) is 0.646. The van der Waals surface area contributed by atoms with Gasteiger partial charge in [-0.25, -0.2) is 0 Å². The average Bonchev–Trinajstić information content (AvgIpc) is 3.03. The summed E-state index contributed by atoms with van der Waals surface area (Å²) >= 11 is 11.9. The molecule has 1 fully saturated rings. The lowest BCUT2D eigenvalue weighted by atomic mass is 9.93. The number of anilines is 1. The zero-order chi connectivity index (χ0) is 17.1. The highest BCUT2D eigenvalue weighted by atomic mass is 35.5. The molecule has 1 aromatic carbocycles. The van der Waals surface area contributed by atoms with Crippen molar-refractivity contribution in [2.45, 2.75) is 38.1 Å². The molecule has 1 heterocycles. The lowest BCUT2D eigenvalue weighted by molar-refractivity contribution is -0.140. The molecule has 1 N–H and O–H groups in total. The molecule has 0 saturated carbocycles. The minimum absolute atomic E-state index is 0.00372. The predicted molar refractivity (Wildman–Crippen MR) is 96.3 cm³/mol. The van der Waals surface area contributed by atoms with Gasteiger partial charge in [-0.1, -0.05) is 35.4 Å². The minimum Gasteiger partial charge on any atom is -0.330 e. The number of allylic oxidation sites excluding steroid dienone is 2. The Morgan fingerprint density at radius 2 is 1.83 bits per heavy atom. The first-order valence-electron chi connectivity index (χ1n) is 8.27. The van der Waals surface area contributed by atoms with Gasteiger partial charge in [0, 0.05) is 28.2 Å². The minimum atomic E-state index is -0.416. The Balaban J connectivity index is 1.69. The van der Waals surface area contributed by atoms with E-state index in [2.05, 4.69) is 17.5 Å². The molecule has 0 bridgehead atoms. The maximum atomic E-state index is 12.7. The highest BCUT2D eigenvalue weighted by molar-refractivity contribution is 6.35. The van der Waals surface area contributed by atoms with Crippen molar-refractivity contribution in [3.05, 3.63) is 40.4 Å². The lowest BCUT2D eigenvalue weighted by Gasteiger charge is -2.28. The van der Waals surface area contributed by atoms with Crippen LogP contribution in [0.25, 0.3) is 0 Å². The second kappa shape index (κ2) is 7.58. The van der Waals surface area contributed by atoms with E-state index in [9.17, 15) is 9.59 Å². The molecule has 0 spiro atoms. The Bertz CT molecular complexity index is 655. The van der Waals surface area contributed by atoms with Gasteiger partial charge in [0.1, 0.15) is 6.04 Å². The summed E-state index contributed by atoms with van der Waals surface area (Å²) in [5.74, 6) is -0.0734. The summed E-state index contributed by atoms with van der Waals surface area (Å²) in [5.41, 5.74) is 0.553. The Morgan fingerprint density at radius 3 is 2.50 bits per heavy atom. The molecule has 0 unspecified atom stereocenters. The van der Waals surface area contributed by atoms with Gasteiger partial charge >= 0.3 is 0 Å². The largest absolute Gasteiger partial charge is 0.330 e. The SMILES string of the molecule is O=C(Nc1cc(Cl)cc(Cl)c1)[C@H]1CCCN1C(=O)[C@@H]1CC=CCC1. The number of amides is 2. The van der Waals surface area contributed by atoms with E-state index in [0.717, 1.165) is 25.7 Å². The Hall–Kier alpha value is -1.52. The number of carbonyl (C=O) groups is 2. The molecule has 1 aliphatic carbocycles. The van der Waals surface area contributed by atoms with Crippen LogP contribution in [0.5, 0.6) is 0 Å². The molecule has 128 valence electrons. The second-order valence-electron chi connectivity index (χ2n) is 6.32. The fourth-order valence-corrected chi connectivity index (χ4v) is 3.93. The van der Waals surface area contributed by atoms with Gasteiger partial charge in [-0.3, -0.25) is 9.59 Å². The smallest absolute Gasteiger partial charge is 0.247 e. The topological polar surface area (TPSA) is 49.4 Å². The Morgan fingerprint density at radius 1 is 1.08 bits per heavy atom. The van der Waals surface area contributed by atoms with Gasteiger partial charge in [0.25, 0.3) is 0 Å². The standard InChI is InChI=1S/C18H20Cl2N2O2/c19-13-9-14(20)11-15(10-13)21-17(23)16-7-4-8-22(16)18(24)12-5-2-1-3-6-12/h1-2,9-12,16H,3-8H2,(H,21,23)/t12-,16-/m1/s1. The Kier molecular flexibility index (Phi) is 5.47. The highest BCUT2D eigenvalue weighted by Gasteiger charge is 2.36. The van der Waals surface area contributed by atoms with Gasteiger partial charge in [0.05, 0.1) is 0 Å². The summed E-state index contributed by atoms with van der Waals surface area (Å²) in [7, 11) is 0. The third-order valence-corrected chi connectivity index (χ3v) is 5.02. The summed E-state index contributed by atoms with van der Waals surface area (Å²) < 4.78 is 0. The first-order chi connectivity index (χ1) is 11.5. The normalized spacial score (nSPS) is 23.3. The van der Waals surface area contributed by atoms with E-state index in [-0.39, 0.29) is 17.7 Å². The van der Waals surface area contributed by atoms with Crippen LogP contribution in [0.1, 0.15) is 32.1 Å². The number of nitrogens with zero attached hydrogens (tertiary/aromatic N) is 1. The molecule has 1 aliphatic heterocycles. The molecule has 0 aromatic heterocycles. The maximum Gasteiger partial charge on any atom is 0.247 e. The predicted octanol–water partition coefficient (Wildman–Crippen LogP) is 4.28. The number of hydrogen-bond acceptors (Lipinski definition) is 2. The van der Waals surface area contributed by atoms with Crippen molar-refractivity contribution in [1.29, 1.82) is 0 Å². The van der Waals surface area contributed by atoms with E-state index in [1.807, 2.05) is 0 Å². The zero-order valence-corrected chi connectivity index (χ0v) is 14.8. The summed E-state index contributed by atoms with van der Waals surface area (Å²) in [5, 5.41) is 3.77. The van der Waals surface area contributed by atoms with E-state index in [1.165, 1.54) is 0 Å². The van der Waals surface area contributed by atoms with Crippen molar-refractivity contribution in [3.63, 3.8) is 0 Å².